The van der Waals surface area contributed by atoms with Gasteiger partial charge in [-0.1, -0.05) is 54.6 Å². The largest absolute Gasteiger partial charge is 0.351 e. The molecule has 0 fully saturated rings. The average molecular weight is 305 g/mol. The minimum atomic E-state index is -0.0472. The highest BCUT2D eigenvalue weighted by molar-refractivity contribution is 7.81. The first-order chi connectivity index (χ1) is 10.8. The Morgan fingerprint density at radius 3 is 2.23 bits per heavy atom. The number of hydrogen-bond acceptors (Lipinski definition) is 2. The molecule has 2 nitrogen and oxygen atoms in total. The van der Waals surface area contributed by atoms with Gasteiger partial charge in [0.05, 0.1) is 5.75 Å². The van der Waals surface area contributed by atoms with Crippen molar-refractivity contribution in [2.75, 3.05) is 5.75 Å². The van der Waals surface area contributed by atoms with E-state index in [1.54, 1.807) is 0 Å². The Kier molecular flexibility index (Phi) is 3.16. The molecule has 108 valence electrons. The maximum atomic E-state index is 11.5. The highest BCUT2D eigenvalue weighted by atomic mass is 32.1. The number of carbonyl (C=O) groups excluding carboxylic acids is 1. The molecule has 3 heteroatoms. The van der Waals surface area contributed by atoms with E-state index in [2.05, 4.69) is 72.5 Å². The van der Waals surface area contributed by atoms with Crippen LogP contribution in [-0.4, -0.2) is 11.7 Å². The first-order valence-electron chi connectivity index (χ1n) is 7.31. The van der Waals surface area contributed by atoms with Crippen LogP contribution in [0, 0.1) is 0 Å². The predicted molar refractivity (Wildman–Crippen MR) is 95.8 cm³/mol. The van der Waals surface area contributed by atoms with E-state index in [1.165, 1.54) is 32.3 Å². The van der Waals surface area contributed by atoms with Crippen molar-refractivity contribution in [3.63, 3.8) is 0 Å². The summed E-state index contributed by atoms with van der Waals surface area (Å²) in [6.07, 6.45) is 0. The standard InChI is InChI=1S/C19H15NOS/c21-17(11-22)20-10-15-7-6-14-5-4-12-2-1-3-13-8-9-16(15)19(14)18(12)13/h1-9,22H,10-11H2,(H,20,21). The second-order valence-electron chi connectivity index (χ2n) is 5.52. The molecule has 0 aliphatic heterocycles. The number of hydrogen-bond donors (Lipinski definition) is 2. The van der Waals surface area contributed by atoms with Crippen molar-refractivity contribution in [2.24, 2.45) is 0 Å². The number of amides is 1. The molecule has 0 unspecified atom stereocenters. The van der Waals surface area contributed by atoms with Gasteiger partial charge in [-0.25, -0.2) is 0 Å². The molecule has 0 saturated carbocycles. The molecule has 0 aromatic heterocycles. The van der Waals surface area contributed by atoms with Crippen LogP contribution in [0.4, 0.5) is 0 Å². The van der Waals surface area contributed by atoms with Crippen molar-refractivity contribution < 1.29 is 4.79 Å². The van der Waals surface area contributed by atoms with E-state index in [9.17, 15) is 4.79 Å². The van der Waals surface area contributed by atoms with Gasteiger partial charge in [-0.2, -0.15) is 12.6 Å². The van der Waals surface area contributed by atoms with Crippen LogP contribution in [0.3, 0.4) is 0 Å². The van der Waals surface area contributed by atoms with Crippen LogP contribution in [0.5, 0.6) is 0 Å². The molecular weight excluding hydrogens is 290 g/mol. The molecular formula is C19H15NOS. The zero-order valence-corrected chi connectivity index (χ0v) is 12.9. The highest BCUT2D eigenvalue weighted by Crippen LogP contribution is 2.35. The summed E-state index contributed by atoms with van der Waals surface area (Å²) in [6, 6.07) is 19.3. The predicted octanol–water partition coefficient (Wildman–Crippen LogP) is 4.13. The van der Waals surface area contributed by atoms with Gasteiger partial charge in [0.15, 0.2) is 0 Å². The topological polar surface area (TPSA) is 29.1 Å². The molecule has 0 heterocycles. The molecule has 22 heavy (non-hydrogen) atoms. The molecule has 1 amide bonds. The summed E-state index contributed by atoms with van der Waals surface area (Å²) in [5.74, 6) is 0.167. The molecule has 0 aliphatic rings. The van der Waals surface area contributed by atoms with E-state index in [1.807, 2.05) is 0 Å². The zero-order valence-electron chi connectivity index (χ0n) is 12.0. The van der Waals surface area contributed by atoms with Crippen molar-refractivity contribution in [1.29, 1.82) is 0 Å². The minimum absolute atomic E-state index is 0.0472. The van der Waals surface area contributed by atoms with Crippen molar-refractivity contribution in [3.05, 3.63) is 60.2 Å². The SMILES string of the molecule is O=C(CS)NCc1ccc2ccc3cccc4ccc1c2c34. The van der Waals surface area contributed by atoms with Crippen LogP contribution in [0.15, 0.2) is 54.6 Å². The van der Waals surface area contributed by atoms with Gasteiger partial charge in [0, 0.05) is 6.54 Å². The molecule has 4 aromatic carbocycles. The highest BCUT2D eigenvalue weighted by Gasteiger charge is 2.10. The normalized spacial score (nSPS) is 11.5. The fourth-order valence-corrected chi connectivity index (χ4v) is 3.31. The molecule has 4 aromatic rings. The molecule has 1 N–H and O–H groups in total. The van der Waals surface area contributed by atoms with Gasteiger partial charge in [-0.3, -0.25) is 4.79 Å². The van der Waals surface area contributed by atoms with Gasteiger partial charge in [-0.15, -0.1) is 0 Å². The summed E-state index contributed by atoms with van der Waals surface area (Å²) < 4.78 is 0. The molecule has 0 spiro atoms. The molecule has 0 aliphatic carbocycles. The lowest BCUT2D eigenvalue weighted by molar-refractivity contribution is -0.118. The van der Waals surface area contributed by atoms with Gasteiger partial charge < -0.3 is 5.32 Å². The third-order valence-electron chi connectivity index (χ3n) is 4.24. The number of benzene rings is 4. The van der Waals surface area contributed by atoms with Crippen LogP contribution >= 0.6 is 12.6 Å². The lowest BCUT2D eigenvalue weighted by Gasteiger charge is -2.14. The average Bonchev–Trinajstić information content (AvgIpc) is 2.58. The quantitative estimate of drug-likeness (QED) is 0.432. The van der Waals surface area contributed by atoms with Crippen LogP contribution in [0.25, 0.3) is 32.3 Å². The van der Waals surface area contributed by atoms with E-state index in [-0.39, 0.29) is 11.7 Å². The molecule has 0 saturated heterocycles. The van der Waals surface area contributed by atoms with Gasteiger partial charge in [0.2, 0.25) is 5.91 Å². The van der Waals surface area contributed by atoms with E-state index in [4.69, 9.17) is 0 Å². The number of carbonyl (C=O) groups is 1. The Bertz CT molecular complexity index is 977. The van der Waals surface area contributed by atoms with Crippen molar-refractivity contribution in [3.8, 4) is 0 Å². The van der Waals surface area contributed by atoms with E-state index < -0.39 is 0 Å². The summed E-state index contributed by atoms with van der Waals surface area (Å²) in [7, 11) is 0. The Morgan fingerprint density at radius 2 is 1.50 bits per heavy atom. The van der Waals surface area contributed by atoms with Gasteiger partial charge in [0.1, 0.15) is 0 Å². The fraction of sp³-hybridized carbons (Fsp3) is 0.105. The van der Waals surface area contributed by atoms with Gasteiger partial charge in [0.25, 0.3) is 0 Å². The van der Waals surface area contributed by atoms with Crippen molar-refractivity contribution in [1.82, 2.24) is 5.32 Å². The maximum absolute atomic E-state index is 11.5. The first kappa shape index (κ1) is 13.4. The second kappa shape index (κ2) is 5.18. The monoisotopic (exact) mass is 305 g/mol. The molecule has 0 radical (unpaired) electrons. The Labute approximate surface area is 133 Å². The Hall–Kier alpha value is -2.26. The molecule has 0 bridgehead atoms. The van der Waals surface area contributed by atoms with Crippen LogP contribution < -0.4 is 5.32 Å². The van der Waals surface area contributed by atoms with Crippen molar-refractivity contribution >= 4 is 50.9 Å². The number of thiol groups is 1. The van der Waals surface area contributed by atoms with E-state index >= 15 is 0 Å². The van der Waals surface area contributed by atoms with Crippen LogP contribution in [-0.2, 0) is 11.3 Å². The third-order valence-corrected chi connectivity index (χ3v) is 4.53. The smallest absolute Gasteiger partial charge is 0.229 e. The summed E-state index contributed by atoms with van der Waals surface area (Å²) in [5.41, 5.74) is 1.14. The number of rotatable bonds is 3. The molecule has 4 rings (SSSR count). The Morgan fingerprint density at radius 1 is 0.864 bits per heavy atom. The lowest BCUT2D eigenvalue weighted by atomic mass is 9.92. The zero-order chi connectivity index (χ0) is 15.1. The van der Waals surface area contributed by atoms with E-state index in [0.29, 0.717) is 6.54 Å². The summed E-state index contributed by atoms with van der Waals surface area (Å²) >= 11 is 4.00. The minimum Gasteiger partial charge on any atom is -0.351 e. The second-order valence-corrected chi connectivity index (χ2v) is 5.83. The molecule has 0 atom stereocenters. The van der Waals surface area contributed by atoms with Crippen molar-refractivity contribution in [2.45, 2.75) is 6.54 Å². The van der Waals surface area contributed by atoms with E-state index in [0.717, 1.165) is 5.56 Å². The van der Waals surface area contributed by atoms with Crippen LogP contribution in [0.1, 0.15) is 5.56 Å². The Balaban J connectivity index is 1.98. The number of nitrogens with one attached hydrogen (secondary N) is 1. The fourth-order valence-electron chi connectivity index (χ4n) is 3.20. The van der Waals surface area contributed by atoms with Gasteiger partial charge in [-0.05, 0) is 37.9 Å². The van der Waals surface area contributed by atoms with Gasteiger partial charge >= 0.3 is 0 Å². The van der Waals surface area contributed by atoms with Crippen LogP contribution in [0.2, 0.25) is 0 Å². The maximum Gasteiger partial charge on any atom is 0.229 e. The summed E-state index contributed by atoms with van der Waals surface area (Å²) in [4.78, 5) is 11.5. The lowest BCUT2D eigenvalue weighted by Crippen LogP contribution is -2.23. The summed E-state index contributed by atoms with van der Waals surface area (Å²) in [6.45, 7) is 0.535. The third kappa shape index (κ3) is 2.01. The summed E-state index contributed by atoms with van der Waals surface area (Å²) in [5, 5.41) is 10.5. The first-order valence-corrected chi connectivity index (χ1v) is 7.94.